The Morgan fingerprint density at radius 3 is 2.82 bits per heavy atom. The van der Waals surface area contributed by atoms with Crippen LogP contribution in [0, 0.1) is 13.8 Å². The molecule has 0 aliphatic carbocycles. The zero-order valence-electron chi connectivity index (χ0n) is 13.5. The number of nitrogens with zero attached hydrogens (tertiary/aromatic N) is 6. The van der Waals surface area contributed by atoms with Gasteiger partial charge in [-0.3, -0.25) is 9.78 Å². The molecule has 1 amide bonds. The van der Waals surface area contributed by atoms with Crippen molar-refractivity contribution < 1.29 is 4.79 Å². The van der Waals surface area contributed by atoms with Crippen molar-refractivity contribution in [2.24, 2.45) is 0 Å². The predicted octanol–water partition coefficient (Wildman–Crippen LogP) is 1.16. The molecule has 0 bridgehead atoms. The highest BCUT2D eigenvalue weighted by Gasteiger charge is 2.17. The Kier molecular flexibility index (Phi) is 5.19. The number of amides is 1. The molecule has 22 heavy (non-hydrogen) atoms. The summed E-state index contributed by atoms with van der Waals surface area (Å²) in [5, 5.41) is 11.2. The molecule has 0 aromatic carbocycles. The molecule has 0 fully saturated rings. The number of carbonyl (C=O) groups is 1. The first-order valence-electron chi connectivity index (χ1n) is 7.37. The van der Waals surface area contributed by atoms with Crippen LogP contribution >= 0.6 is 0 Å². The summed E-state index contributed by atoms with van der Waals surface area (Å²) < 4.78 is 1.64. The minimum absolute atomic E-state index is 0.0788. The first-order chi connectivity index (χ1) is 10.5. The van der Waals surface area contributed by atoms with Crippen LogP contribution < -0.4 is 0 Å². The molecule has 118 valence electrons. The van der Waals surface area contributed by atoms with Crippen LogP contribution in [0.15, 0.2) is 18.3 Å². The molecule has 0 aliphatic heterocycles. The normalized spacial score (nSPS) is 12.2. The lowest BCUT2D eigenvalue weighted by Gasteiger charge is -2.25. The van der Waals surface area contributed by atoms with E-state index in [9.17, 15) is 4.79 Å². The third kappa shape index (κ3) is 4.09. The average Bonchev–Trinajstić information content (AvgIpc) is 2.89. The molecule has 0 aliphatic rings. The molecular formula is C15H22N6O. The first kappa shape index (κ1) is 16.1. The van der Waals surface area contributed by atoms with Crippen molar-refractivity contribution in [1.82, 2.24) is 30.1 Å². The number of likely N-dealkylation sites (N-methyl/N-ethyl adjacent to an activating group) is 1. The van der Waals surface area contributed by atoms with Crippen LogP contribution in [0.3, 0.4) is 0 Å². The Hall–Kier alpha value is -2.31. The maximum Gasteiger partial charge on any atom is 0.224 e. The van der Waals surface area contributed by atoms with Gasteiger partial charge in [-0.2, -0.15) is 0 Å². The summed E-state index contributed by atoms with van der Waals surface area (Å²) in [4.78, 5) is 18.4. The van der Waals surface area contributed by atoms with Crippen molar-refractivity contribution >= 4 is 5.91 Å². The molecule has 1 atom stereocenters. The van der Waals surface area contributed by atoms with Crippen LogP contribution in [0.2, 0.25) is 0 Å². The van der Waals surface area contributed by atoms with E-state index in [4.69, 9.17) is 0 Å². The van der Waals surface area contributed by atoms with E-state index in [1.807, 2.05) is 33.9 Å². The third-order valence-corrected chi connectivity index (χ3v) is 3.78. The van der Waals surface area contributed by atoms with Gasteiger partial charge in [0.1, 0.15) is 5.82 Å². The Bertz CT molecular complexity index is 638. The molecule has 7 heteroatoms. The lowest BCUT2D eigenvalue weighted by atomic mass is 10.1. The number of aromatic nitrogens is 5. The number of hydrogen-bond donors (Lipinski definition) is 0. The number of rotatable bonds is 6. The third-order valence-electron chi connectivity index (χ3n) is 3.78. The van der Waals surface area contributed by atoms with Crippen LogP contribution in [0.25, 0.3) is 0 Å². The van der Waals surface area contributed by atoms with Gasteiger partial charge in [0.15, 0.2) is 0 Å². The van der Waals surface area contributed by atoms with E-state index in [-0.39, 0.29) is 11.9 Å². The van der Waals surface area contributed by atoms with E-state index in [1.54, 1.807) is 15.8 Å². The molecular weight excluding hydrogens is 280 g/mol. The Morgan fingerprint density at radius 2 is 2.18 bits per heavy atom. The highest BCUT2D eigenvalue weighted by atomic mass is 16.2. The van der Waals surface area contributed by atoms with Crippen LogP contribution in [-0.4, -0.2) is 49.1 Å². The number of aryl methyl sites for hydroxylation is 3. The summed E-state index contributed by atoms with van der Waals surface area (Å²) >= 11 is 0. The number of hydrogen-bond acceptors (Lipinski definition) is 5. The van der Waals surface area contributed by atoms with E-state index >= 15 is 0 Å². The molecule has 2 aromatic rings. The van der Waals surface area contributed by atoms with Gasteiger partial charge >= 0.3 is 0 Å². The van der Waals surface area contributed by atoms with Gasteiger partial charge in [-0.25, -0.2) is 4.68 Å². The topological polar surface area (TPSA) is 76.8 Å². The first-order valence-corrected chi connectivity index (χ1v) is 7.37. The molecule has 7 nitrogen and oxygen atoms in total. The summed E-state index contributed by atoms with van der Waals surface area (Å²) in [5.41, 5.74) is 2.18. The number of carbonyl (C=O) groups excluding carboxylic acids is 1. The lowest BCUT2D eigenvalue weighted by molar-refractivity contribution is -0.131. The van der Waals surface area contributed by atoms with Gasteiger partial charge in [0, 0.05) is 37.8 Å². The Morgan fingerprint density at radius 1 is 1.41 bits per heavy atom. The molecule has 0 radical (unpaired) electrons. The second-order valence-electron chi connectivity index (χ2n) is 5.58. The quantitative estimate of drug-likeness (QED) is 0.800. The minimum Gasteiger partial charge on any atom is -0.343 e. The van der Waals surface area contributed by atoms with Crippen LogP contribution in [-0.2, 0) is 17.8 Å². The highest BCUT2D eigenvalue weighted by molar-refractivity contribution is 5.76. The molecule has 0 spiro atoms. The summed E-state index contributed by atoms with van der Waals surface area (Å²) in [5.74, 6) is 0.794. The molecule has 2 heterocycles. The number of tetrazole rings is 1. The van der Waals surface area contributed by atoms with Crippen LogP contribution in [0.5, 0.6) is 0 Å². The lowest BCUT2D eigenvalue weighted by Crippen LogP contribution is -2.37. The fraction of sp³-hybridized carbons (Fsp3) is 0.533. The van der Waals surface area contributed by atoms with E-state index in [0.717, 1.165) is 12.1 Å². The van der Waals surface area contributed by atoms with E-state index < -0.39 is 0 Å². The largest absolute Gasteiger partial charge is 0.343 e. The summed E-state index contributed by atoms with van der Waals surface area (Å²) in [6.07, 6.45) is 2.93. The van der Waals surface area contributed by atoms with Crippen molar-refractivity contribution in [2.75, 3.05) is 7.05 Å². The van der Waals surface area contributed by atoms with Gasteiger partial charge in [-0.15, -0.1) is 5.10 Å². The van der Waals surface area contributed by atoms with Crippen molar-refractivity contribution in [3.05, 3.63) is 35.4 Å². The fourth-order valence-electron chi connectivity index (χ4n) is 2.23. The highest BCUT2D eigenvalue weighted by Crippen LogP contribution is 2.08. The van der Waals surface area contributed by atoms with Crippen molar-refractivity contribution in [1.29, 1.82) is 0 Å². The smallest absolute Gasteiger partial charge is 0.224 e. The molecule has 0 N–H and O–H groups in total. The zero-order valence-corrected chi connectivity index (χ0v) is 13.5. The Balaban J connectivity index is 1.88. The average molecular weight is 302 g/mol. The standard InChI is InChI=1S/C15H22N6O/c1-11-5-7-16-14(9-11)10-12(2)20(4)15(22)6-8-21-13(3)17-18-19-21/h5,7,9,12H,6,8,10H2,1-4H3. The number of pyridine rings is 1. The van der Waals surface area contributed by atoms with Gasteiger partial charge in [0.25, 0.3) is 0 Å². The molecule has 1 unspecified atom stereocenters. The monoisotopic (exact) mass is 302 g/mol. The predicted molar refractivity (Wildman–Crippen MR) is 82.1 cm³/mol. The Labute approximate surface area is 130 Å². The van der Waals surface area contributed by atoms with Gasteiger partial charge in [-0.05, 0) is 48.9 Å². The zero-order chi connectivity index (χ0) is 16.1. The molecule has 0 saturated carbocycles. The summed E-state index contributed by atoms with van der Waals surface area (Å²) in [6, 6.07) is 4.12. The molecule has 0 saturated heterocycles. The van der Waals surface area contributed by atoms with E-state index in [0.29, 0.717) is 18.8 Å². The van der Waals surface area contributed by atoms with Crippen molar-refractivity contribution in [3.8, 4) is 0 Å². The fourth-order valence-corrected chi connectivity index (χ4v) is 2.23. The summed E-state index contributed by atoms with van der Waals surface area (Å²) in [7, 11) is 1.83. The molecule has 2 aromatic heterocycles. The maximum absolute atomic E-state index is 12.3. The van der Waals surface area contributed by atoms with Gasteiger partial charge < -0.3 is 4.90 Å². The van der Waals surface area contributed by atoms with E-state index in [1.165, 1.54) is 5.56 Å². The maximum atomic E-state index is 12.3. The summed E-state index contributed by atoms with van der Waals surface area (Å²) in [6.45, 7) is 6.39. The van der Waals surface area contributed by atoms with Crippen molar-refractivity contribution in [2.45, 2.75) is 46.2 Å². The van der Waals surface area contributed by atoms with Gasteiger partial charge in [-0.1, -0.05) is 0 Å². The second kappa shape index (κ2) is 7.11. The second-order valence-corrected chi connectivity index (χ2v) is 5.58. The molecule has 2 rings (SSSR count). The van der Waals surface area contributed by atoms with Gasteiger partial charge in [0.05, 0.1) is 6.54 Å². The van der Waals surface area contributed by atoms with E-state index in [2.05, 4.69) is 26.6 Å². The SMILES string of the molecule is Cc1ccnc(CC(C)N(C)C(=O)CCn2nnnc2C)c1. The van der Waals surface area contributed by atoms with Crippen LogP contribution in [0.4, 0.5) is 0 Å². The van der Waals surface area contributed by atoms with Gasteiger partial charge in [0.2, 0.25) is 5.91 Å². The van der Waals surface area contributed by atoms with Crippen molar-refractivity contribution in [3.63, 3.8) is 0 Å². The minimum atomic E-state index is 0.0788. The van der Waals surface area contributed by atoms with Crippen LogP contribution in [0.1, 0.15) is 30.4 Å².